The Morgan fingerprint density at radius 1 is 1.45 bits per heavy atom. The summed E-state index contributed by atoms with van der Waals surface area (Å²) in [6.07, 6.45) is 6.54. The molecule has 3 rings (SSSR count). The molecule has 1 fully saturated rings. The highest BCUT2D eigenvalue weighted by atomic mass is 32.2. The summed E-state index contributed by atoms with van der Waals surface area (Å²) in [7, 11) is -3.10. The Bertz CT molecular complexity index is 565. The molecule has 1 aromatic rings. The van der Waals surface area contributed by atoms with Crippen molar-refractivity contribution in [2.24, 2.45) is 5.92 Å². The lowest BCUT2D eigenvalue weighted by Gasteiger charge is -2.34. The van der Waals surface area contributed by atoms with E-state index in [1.807, 2.05) is 6.20 Å². The molecule has 2 aliphatic rings. The van der Waals surface area contributed by atoms with Crippen LogP contribution in [0.5, 0.6) is 0 Å². The number of nitrogens with one attached hydrogen (secondary N) is 1. The number of hydrogen-bond acceptors (Lipinski definition) is 4. The van der Waals surface area contributed by atoms with Gasteiger partial charge in [-0.05, 0) is 31.2 Å². The van der Waals surface area contributed by atoms with E-state index in [0.29, 0.717) is 6.54 Å². The molecule has 7 heteroatoms. The van der Waals surface area contributed by atoms with Gasteiger partial charge in [0.25, 0.3) is 0 Å². The van der Waals surface area contributed by atoms with Gasteiger partial charge in [0.05, 0.1) is 18.0 Å². The molecule has 0 bridgehead atoms. The normalized spacial score (nSPS) is 23.8. The van der Waals surface area contributed by atoms with Gasteiger partial charge in [-0.1, -0.05) is 0 Å². The number of hydrogen-bond donors (Lipinski definition) is 1. The Morgan fingerprint density at radius 2 is 2.25 bits per heavy atom. The van der Waals surface area contributed by atoms with Gasteiger partial charge < -0.3 is 0 Å². The summed E-state index contributed by atoms with van der Waals surface area (Å²) in [6.45, 7) is 3.57. The average molecular weight is 298 g/mol. The zero-order valence-corrected chi connectivity index (χ0v) is 12.6. The maximum Gasteiger partial charge on any atom is 0.208 e. The quantitative estimate of drug-likeness (QED) is 0.834. The van der Waals surface area contributed by atoms with Crippen molar-refractivity contribution < 1.29 is 8.42 Å². The third kappa shape index (κ3) is 3.59. The van der Waals surface area contributed by atoms with Crippen LogP contribution < -0.4 is 4.72 Å². The molecular formula is C13H22N4O2S. The van der Waals surface area contributed by atoms with E-state index < -0.39 is 10.0 Å². The molecule has 1 N–H and O–H groups in total. The second kappa shape index (κ2) is 5.46. The first-order valence-electron chi connectivity index (χ1n) is 7.20. The van der Waals surface area contributed by atoms with E-state index in [1.165, 1.54) is 31.3 Å². The van der Waals surface area contributed by atoms with Crippen LogP contribution in [-0.4, -0.2) is 49.0 Å². The number of sulfonamides is 1. The topological polar surface area (TPSA) is 67.2 Å². The first-order chi connectivity index (χ1) is 9.51. The zero-order valence-electron chi connectivity index (χ0n) is 11.8. The zero-order chi connectivity index (χ0) is 14.2. The number of fused-ring (bicyclic) bond motifs is 1. The molecule has 0 unspecified atom stereocenters. The third-order valence-electron chi connectivity index (χ3n) is 4.01. The summed E-state index contributed by atoms with van der Waals surface area (Å²) >= 11 is 0. The van der Waals surface area contributed by atoms with Gasteiger partial charge in [-0.15, -0.1) is 0 Å². The van der Waals surface area contributed by atoms with Crippen molar-refractivity contribution in [1.82, 2.24) is 19.4 Å². The average Bonchev–Trinajstić information content (AvgIpc) is 3.03. The maximum absolute atomic E-state index is 11.1. The van der Waals surface area contributed by atoms with Gasteiger partial charge >= 0.3 is 0 Å². The highest BCUT2D eigenvalue weighted by molar-refractivity contribution is 7.88. The van der Waals surface area contributed by atoms with E-state index in [2.05, 4.69) is 25.5 Å². The van der Waals surface area contributed by atoms with Crippen LogP contribution in [0.2, 0.25) is 0 Å². The van der Waals surface area contributed by atoms with Gasteiger partial charge in [0.15, 0.2) is 0 Å². The molecule has 1 atom stereocenters. The van der Waals surface area contributed by atoms with Crippen LogP contribution >= 0.6 is 0 Å². The molecule has 1 aliphatic heterocycles. The lowest BCUT2D eigenvalue weighted by atomic mass is 10.1. The summed E-state index contributed by atoms with van der Waals surface area (Å²) in [4.78, 5) is 2.49. The highest BCUT2D eigenvalue weighted by Crippen LogP contribution is 2.32. The van der Waals surface area contributed by atoms with Gasteiger partial charge in [0, 0.05) is 32.4 Å². The van der Waals surface area contributed by atoms with E-state index in [0.717, 1.165) is 25.4 Å². The van der Waals surface area contributed by atoms with Crippen molar-refractivity contribution in [2.75, 3.05) is 25.9 Å². The molecule has 2 heterocycles. The maximum atomic E-state index is 11.1. The molecule has 0 aromatic carbocycles. The van der Waals surface area contributed by atoms with E-state index in [9.17, 15) is 8.42 Å². The first-order valence-corrected chi connectivity index (χ1v) is 9.10. The molecule has 6 nitrogen and oxygen atoms in total. The highest BCUT2D eigenvalue weighted by Gasteiger charge is 2.30. The van der Waals surface area contributed by atoms with Crippen LogP contribution in [-0.2, 0) is 16.6 Å². The summed E-state index contributed by atoms with van der Waals surface area (Å²) < 4.78 is 26.9. The Kier molecular flexibility index (Phi) is 3.83. The number of nitrogens with zero attached hydrogens (tertiary/aromatic N) is 3. The molecule has 1 saturated carbocycles. The largest absolute Gasteiger partial charge is 0.295 e. The molecule has 0 saturated heterocycles. The van der Waals surface area contributed by atoms with Crippen LogP contribution in [0.25, 0.3) is 0 Å². The molecule has 20 heavy (non-hydrogen) atoms. The van der Waals surface area contributed by atoms with Gasteiger partial charge in [-0.2, -0.15) is 5.10 Å². The van der Waals surface area contributed by atoms with Crippen molar-refractivity contribution in [1.29, 1.82) is 0 Å². The molecule has 0 amide bonds. The van der Waals surface area contributed by atoms with Gasteiger partial charge in [-0.3, -0.25) is 9.58 Å². The Hall–Kier alpha value is -0.920. The Balaban J connectivity index is 1.62. The van der Waals surface area contributed by atoms with Crippen LogP contribution in [0.4, 0.5) is 0 Å². The van der Waals surface area contributed by atoms with Crippen molar-refractivity contribution in [3.8, 4) is 0 Å². The predicted molar refractivity (Wildman–Crippen MR) is 76.7 cm³/mol. The Labute approximate surface area is 120 Å². The fourth-order valence-corrected chi connectivity index (χ4v) is 3.38. The SMILES string of the molecule is CS(=O)(=O)NCC[C@H]1CN(CC2CC2)Cc2ccnn21. The summed E-state index contributed by atoms with van der Waals surface area (Å²) in [5, 5.41) is 4.40. The molecule has 0 radical (unpaired) electrons. The molecule has 1 aromatic heterocycles. The standard InChI is InChI=1S/C13H22N4O2S/c1-20(18,19)15-7-5-13-10-16(8-11-2-3-11)9-12-4-6-14-17(12)13/h4,6,11,13,15H,2-3,5,7-10H2,1H3/t13-/m0/s1. The molecule has 1 aliphatic carbocycles. The van der Waals surface area contributed by atoms with E-state index >= 15 is 0 Å². The molecule has 0 spiro atoms. The van der Waals surface area contributed by atoms with Gasteiger partial charge in [0.2, 0.25) is 10.0 Å². The minimum absolute atomic E-state index is 0.266. The first kappa shape index (κ1) is 14.0. The van der Waals surface area contributed by atoms with Crippen molar-refractivity contribution >= 4 is 10.0 Å². The van der Waals surface area contributed by atoms with Gasteiger partial charge in [-0.25, -0.2) is 13.1 Å². The molecule has 112 valence electrons. The van der Waals surface area contributed by atoms with Crippen molar-refractivity contribution in [3.05, 3.63) is 18.0 Å². The van der Waals surface area contributed by atoms with E-state index in [1.54, 1.807) is 0 Å². The smallest absolute Gasteiger partial charge is 0.208 e. The second-order valence-electron chi connectivity index (χ2n) is 6.01. The van der Waals surface area contributed by atoms with Crippen LogP contribution in [0.15, 0.2) is 12.3 Å². The minimum atomic E-state index is -3.10. The van der Waals surface area contributed by atoms with Crippen molar-refractivity contribution in [2.45, 2.75) is 31.8 Å². The fourth-order valence-electron chi connectivity index (χ4n) is 2.89. The third-order valence-corrected chi connectivity index (χ3v) is 4.74. The Morgan fingerprint density at radius 3 is 2.95 bits per heavy atom. The number of aromatic nitrogens is 2. The fraction of sp³-hybridized carbons (Fsp3) is 0.769. The van der Waals surface area contributed by atoms with Crippen LogP contribution in [0, 0.1) is 5.92 Å². The van der Waals surface area contributed by atoms with Crippen LogP contribution in [0.3, 0.4) is 0 Å². The monoisotopic (exact) mass is 298 g/mol. The van der Waals surface area contributed by atoms with E-state index in [-0.39, 0.29) is 6.04 Å². The lowest BCUT2D eigenvalue weighted by Crippen LogP contribution is -2.40. The number of rotatable bonds is 6. The van der Waals surface area contributed by atoms with E-state index in [4.69, 9.17) is 0 Å². The van der Waals surface area contributed by atoms with Crippen LogP contribution in [0.1, 0.15) is 31.0 Å². The van der Waals surface area contributed by atoms with Crippen molar-refractivity contribution in [3.63, 3.8) is 0 Å². The molecular weight excluding hydrogens is 276 g/mol. The lowest BCUT2D eigenvalue weighted by molar-refractivity contribution is 0.163. The van der Waals surface area contributed by atoms with Gasteiger partial charge in [0.1, 0.15) is 0 Å². The second-order valence-corrected chi connectivity index (χ2v) is 7.85. The minimum Gasteiger partial charge on any atom is -0.295 e. The summed E-state index contributed by atoms with van der Waals surface area (Å²) in [6, 6.07) is 2.33. The summed E-state index contributed by atoms with van der Waals surface area (Å²) in [5.41, 5.74) is 1.24. The predicted octanol–water partition coefficient (Wildman–Crippen LogP) is 0.589. The summed E-state index contributed by atoms with van der Waals surface area (Å²) in [5.74, 6) is 0.874.